The van der Waals surface area contributed by atoms with Crippen LogP contribution in [0.25, 0.3) is 0 Å². The Morgan fingerprint density at radius 2 is 2.26 bits per heavy atom. The summed E-state index contributed by atoms with van der Waals surface area (Å²) >= 11 is 0. The number of carbonyl (C=O) groups is 1. The Bertz CT molecular complexity index is 434. The third-order valence-corrected chi connectivity index (χ3v) is 3.69. The molecule has 0 spiro atoms. The minimum Gasteiger partial charge on any atom is -0.448 e. The number of amides is 1. The quantitative estimate of drug-likeness (QED) is 0.848. The molecule has 2 aliphatic rings. The third kappa shape index (κ3) is 2.79. The molecule has 6 heteroatoms. The van der Waals surface area contributed by atoms with Crippen molar-refractivity contribution in [1.82, 2.24) is 15.2 Å². The van der Waals surface area contributed by atoms with E-state index in [-0.39, 0.29) is 5.91 Å². The summed E-state index contributed by atoms with van der Waals surface area (Å²) in [4.78, 5) is 18.4. The Morgan fingerprint density at radius 1 is 1.42 bits per heavy atom. The molecule has 2 fully saturated rings. The SMILES string of the molecule is O=C(c1coc(C2CCCNC2)n1)N1CCOCC1. The molecular weight excluding hydrogens is 246 g/mol. The van der Waals surface area contributed by atoms with Gasteiger partial charge in [0.15, 0.2) is 11.6 Å². The largest absolute Gasteiger partial charge is 0.448 e. The summed E-state index contributed by atoms with van der Waals surface area (Å²) in [5.74, 6) is 0.922. The van der Waals surface area contributed by atoms with Gasteiger partial charge in [-0.3, -0.25) is 4.79 Å². The lowest BCUT2D eigenvalue weighted by molar-refractivity contribution is 0.0299. The van der Waals surface area contributed by atoms with Crippen LogP contribution in [0, 0.1) is 0 Å². The van der Waals surface area contributed by atoms with E-state index in [0.29, 0.717) is 43.8 Å². The number of nitrogens with one attached hydrogen (secondary N) is 1. The maximum Gasteiger partial charge on any atom is 0.275 e. The monoisotopic (exact) mass is 265 g/mol. The number of nitrogens with zero attached hydrogens (tertiary/aromatic N) is 2. The van der Waals surface area contributed by atoms with E-state index in [0.717, 1.165) is 25.9 Å². The van der Waals surface area contributed by atoms with Gasteiger partial charge in [-0.25, -0.2) is 4.98 Å². The molecule has 19 heavy (non-hydrogen) atoms. The topological polar surface area (TPSA) is 67.6 Å². The van der Waals surface area contributed by atoms with E-state index in [1.807, 2.05) is 0 Å². The number of rotatable bonds is 2. The zero-order valence-corrected chi connectivity index (χ0v) is 10.9. The molecule has 1 amide bonds. The zero-order chi connectivity index (χ0) is 13.1. The van der Waals surface area contributed by atoms with E-state index >= 15 is 0 Å². The van der Waals surface area contributed by atoms with E-state index in [9.17, 15) is 4.79 Å². The first-order valence-corrected chi connectivity index (χ1v) is 6.88. The van der Waals surface area contributed by atoms with Crippen LogP contribution in [0.15, 0.2) is 10.7 Å². The molecule has 1 atom stereocenters. The fraction of sp³-hybridized carbons (Fsp3) is 0.692. The van der Waals surface area contributed by atoms with Crippen LogP contribution in [0.3, 0.4) is 0 Å². The summed E-state index contributed by atoms with van der Waals surface area (Å²) in [6.45, 7) is 4.40. The number of hydrogen-bond donors (Lipinski definition) is 1. The molecule has 0 radical (unpaired) electrons. The Balaban J connectivity index is 1.67. The highest BCUT2D eigenvalue weighted by molar-refractivity contribution is 5.92. The van der Waals surface area contributed by atoms with Crippen LogP contribution < -0.4 is 5.32 Å². The molecule has 104 valence electrons. The maximum atomic E-state index is 12.2. The first-order chi connectivity index (χ1) is 9.34. The van der Waals surface area contributed by atoms with Gasteiger partial charge >= 0.3 is 0 Å². The van der Waals surface area contributed by atoms with Crippen LogP contribution in [-0.2, 0) is 4.74 Å². The minimum absolute atomic E-state index is 0.0536. The Hall–Kier alpha value is -1.40. The van der Waals surface area contributed by atoms with Crippen LogP contribution in [-0.4, -0.2) is 55.2 Å². The second-order valence-electron chi connectivity index (χ2n) is 5.02. The zero-order valence-electron chi connectivity index (χ0n) is 10.9. The van der Waals surface area contributed by atoms with Gasteiger partial charge in [-0.1, -0.05) is 0 Å². The van der Waals surface area contributed by atoms with Gasteiger partial charge in [0.1, 0.15) is 6.26 Å². The highest BCUT2D eigenvalue weighted by Crippen LogP contribution is 2.22. The highest BCUT2D eigenvalue weighted by Gasteiger charge is 2.25. The number of ether oxygens (including phenoxy) is 1. The summed E-state index contributed by atoms with van der Waals surface area (Å²) in [5, 5.41) is 3.32. The molecule has 0 bridgehead atoms. The second kappa shape index (κ2) is 5.71. The molecule has 1 unspecified atom stereocenters. The van der Waals surface area contributed by atoms with Crippen LogP contribution in [0.2, 0.25) is 0 Å². The van der Waals surface area contributed by atoms with Gasteiger partial charge < -0.3 is 19.4 Å². The second-order valence-corrected chi connectivity index (χ2v) is 5.02. The Labute approximate surface area is 112 Å². The number of oxazole rings is 1. The summed E-state index contributed by atoms with van der Waals surface area (Å²) < 4.78 is 10.7. The fourth-order valence-corrected chi connectivity index (χ4v) is 2.56. The standard InChI is InChI=1S/C13H19N3O3/c17-13(16-4-6-18-7-5-16)11-9-19-12(15-11)10-2-1-3-14-8-10/h9-10,14H,1-8H2. The molecular formula is C13H19N3O3. The van der Waals surface area contributed by atoms with Gasteiger partial charge in [-0.15, -0.1) is 0 Å². The molecule has 0 aromatic carbocycles. The lowest BCUT2D eigenvalue weighted by Crippen LogP contribution is -2.40. The van der Waals surface area contributed by atoms with Crippen LogP contribution in [0.5, 0.6) is 0 Å². The van der Waals surface area contributed by atoms with Crippen molar-refractivity contribution in [3.05, 3.63) is 17.8 Å². The van der Waals surface area contributed by atoms with Crippen molar-refractivity contribution in [3.8, 4) is 0 Å². The van der Waals surface area contributed by atoms with Gasteiger partial charge in [0.05, 0.1) is 13.2 Å². The third-order valence-electron chi connectivity index (χ3n) is 3.69. The van der Waals surface area contributed by atoms with E-state index in [1.165, 1.54) is 6.26 Å². The lowest BCUT2D eigenvalue weighted by atomic mass is 10.00. The van der Waals surface area contributed by atoms with Gasteiger partial charge in [-0.05, 0) is 19.4 Å². The van der Waals surface area contributed by atoms with Crippen molar-refractivity contribution in [2.75, 3.05) is 39.4 Å². The molecule has 1 N–H and O–H groups in total. The summed E-state index contributed by atoms with van der Waals surface area (Å²) in [5.41, 5.74) is 0.419. The van der Waals surface area contributed by atoms with Crippen molar-refractivity contribution < 1.29 is 13.9 Å². The van der Waals surface area contributed by atoms with Gasteiger partial charge in [0.2, 0.25) is 0 Å². The van der Waals surface area contributed by atoms with Crippen LogP contribution in [0.4, 0.5) is 0 Å². The summed E-state index contributed by atoms with van der Waals surface area (Å²) in [6.07, 6.45) is 3.68. The predicted molar refractivity (Wildman–Crippen MR) is 68.1 cm³/mol. The molecule has 6 nitrogen and oxygen atoms in total. The summed E-state index contributed by atoms with van der Waals surface area (Å²) in [6, 6.07) is 0. The van der Waals surface area contributed by atoms with Crippen LogP contribution in [0.1, 0.15) is 35.1 Å². The molecule has 0 saturated carbocycles. The molecule has 3 rings (SSSR count). The first kappa shape index (κ1) is 12.6. The number of hydrogen-bond acceptors (Lipinski definition) is 5. The average molecular weight is 265 g/mol. The fourth-order valence-electron chi connectivity index (χ4n) is 2.56. The van der Waals surface area contributed by atoms with Crippen molar-refractivity contribution in [2.24, 2.45) is 0 Å². The van der Waals surface area contributed by atoms with Gasteiger partial charge in [-0.2, -0.15) is 0 Å². The minimum atomic E-state index is -0.0536. The van der Waals surface area contributed by atoms with E-state index in [4.69, 9.17) is 9.15 Å². The molecule has 2 aliphatic heterocycles. The average Bonchev–Trinajstić information content (AvgIpc) is 2.98. The van der Waals surface area contributed by atoms with Gasteiger partial charge in [0, 0.05) is 25.6 Å². The van der Waals surface area contributed by atoms with E-state index in [1.54, 1.807) is 4.90 Å². The molecule has 1 aromatic rings. The van der Waals surface area contributed by atoms with Gasteiger partial charge in [0.25, 0.3) is 5.91 Å². The maximum absolute atomic E-state index is 12.2. The van der Waals surface area contributed by atoms with Crippen molar-refractivity contribution in [2.45, 2.75) is 18.8 Å². The Morgan fingerprint density at radius 3 is 3.00 bits per heavy atom. The highest BCUT2D eigenvalue weighted by atomic mass is 16.5. The normalized spacial score (nSPS) is 24.4. The number of morpholine rings is 1. The number of carbonyl (C=O) groups excluding carboxylic acids is 1. The van der Waals surface area contributed by atoms with Crippen LogP contribution >= 0.6 is 0 Å². The van der Waals surface area contributed by atoms with Crippen molar-refractivity contribution >= 4 is 5.91 Å². The Kier molecular flexibility index (Phi) is 3.79. The smallest absolute Gasteiger partial charge is 0.275 e. The molecule has 0 aliphatic carbocycles. The van der Waals surface area contributed by atoms with E-state index < -0.39 is 0 Å². The predicted octanol–water partition coefficient (Wildman–Crippen LogP) is 0.614. The first-order valence-electron chi connectivity index (χ1n) is 6.88. The molecule has 2 saturated heterocycles. The van der Waals surface area contributed by atoms with Crippen molar-refractivity contribution in [3.63, 3.8) is 0 Å². The molecule has 1 aromatic heterocycles. The molecule has 3 heterocycles. The number of piperidine rings is 1. The van der Waals surface area contributed by atoms with E-state index in [2.05, 4.69) is 10.3 Å². The summed E-state index contributed by atoms with van der Waals surface area (Å²) in [7, 11) is 0. The lowest BCUT2D eigenvalue weighted by Gasteiger charge is -2.25. The number of aromatic nitrogens is 1. The van der Waals surface area contributed by atoms with Crippen molar-refractivity contribution in [1.29, 1.82) is 0 Å².